The van der Waals surface area contributed by atoms with Crippen molar-refractivity contribution < 1.29 is 0 Å². The lowest BCUT2D eigenvalue weighted by Gasteiger charge is -2.48. The minimum atomic E-state index is 0.599. The van der Waals surface area contributed by atoms with E-state index in [1.54, 1.807) is 5.57 Å². The Kier molecular flexibility index (Phi) is 2.96. The molecular weight excluding hydrogens is 242 g/mol. The normalized spacial score (nSPS) is 51.6. The maximum Gasteiger partial charge on any atom is 0.0369 e. The molecule has 0 radical (unpaired) electrons. The Morgan fingerprint density at radius 1 is 1.20 bits per heavy atom. The fourth-order valence-corrected chi connectivity index (χ4v) is 5.98. The van der Waals surface area contributed by atoms with Gasteiger partial charge in [-0.15, -0.1) is 0 Å². The van der Waals surface area contributed by atoms with E-state index >= 15 is 0 Å². The zero-order valence-corrected chi connectivity index (χ0v) is 12.6. The van der Waals surface area contributed by atoms with Crippen LogP contribution in [-0.2, 0) is 0 Å². The van der Waals surface area contributed by atoms with E-state index in [1.165, 1.54) is 38.5 Å². The van der Waals surface area contributed by atoms with Crippen molar-refractivity contribution >= 4 is 0 Å². The molecule has 108 valence electrons. The summed E-state index contributed by atoms with van der Waals surface area (Å²) in [5, 5.41) is 3.85. The Balaban J connectivity index is 1.63. The van der Waals surface area contributed by atoms with Crippen molar-refractivity contribution in [1.29, 1.82) is 0 Å². The molecule has 1 nitrogen and oxygen atoms in total. The Hall–Kier alpha value is -0.820. The molecule has 0 aromatic rings. The van der Waals surface area contributed by atoms with Crippen LogP contribution in [0.3, 0.4) is 0 Å². The van der Waals surface area contributed by atoms with Gasteiger partial charge in [0.2, 0.25) is 0 Å². The fourth-order valence-electron chi connectivity index (χ4n) is 5.98. The molecule has 1 heterocycles. The number of allylic oxidation sites excluding steroid dienone is 5. The van der Waals surface area contributed by atoms with E-state index in [0.29, 0.717) is 11.5 Å². The van der Waals surface area contributed by atoms with Crippen LogP contribution in [0.25, 0.3) is 0 Å². The molecule has 1 heteroatoms. The molecule has 1 N–H and O–H groups in total. The molecule has 3 saturated carbocycles. The first kappa shape index (κ1) is 12.9. The summed E-state index contributed by atoms with van der Waals surface area (Å²) in [5.41, 5.74) is 2.23. The predicted molar refractivity (Wildman–Crippen MR) is 84.4 cm³/mol. The molecule has 1 saturated heterocycles. The molecule has 4 rings (SSSR count). The third kappa shape index (κ3) is 1.65. The molecule has 4 fully saturated rings. The van der Waals surface area contributed by atoms with E-state index in [9.17, 15) is 0 Å². The molecule has 4 aliphatic rings. The van der Waals surface area contributed by atoms with E-state index in [1.807, 2.05) is 6.08 Å². The van der Waals surface area contributed by atoms with Crippen molar-refractivity contribution in [3.63, 3.8) is 0 Å². The van der Waals surface area contributed by atoms with Gasteiger partial charge in [0.15, 0.2) is 0 Å². The third-order valence-corrected chi connectivity index (χ3v) is 6.76. The third-order valence-electron chi connectivity index (χ3n) is 6.76. The van der Waals surface area contributed by atoms with Crippen LogP contribution >= 0.6 is 0 Å². The number of hydrogen-bond acceptors (Lipinski definition) is 1. The molecule has 6 atom stereocenters. The zero-order valence-electron chi connectivity index (χ0n) is 12.6. The van der Waals surface area contributed by atoms with Gasteiger partial charge >= 0.3 is 0 Å². The van der Waals surface area contributed by atoms with Gasteiger partial charge < -0.3 is 5.32 Å². The van der Waals surface area contributed by atoms with Gasteiger partial charge in [-0.2, -0.15) is 0 Å². The minimum Gasteiger partial charge on any atom is -0.305 e. The number of nitrogens with one attached hydrogen (secondary N) is 1. The lowest BCUT2D eigenvalue weighted by Crippen LogP contribution is -2.45. The van der Waals surface area contributed by atoms with Crippen LogP contribution in [0.15, 0.2) is 36.5 Å². The summed E-state index contributed by atoms with van der Waals surface area (Å²) in [7, 11) is 0. The minimum absolute atomic E-state index is 0.599. The summed E-state index contributed by atoms with van der Waals surface area (Å²) in [5.74, 6) is 3.52. The average molecular weight is 269 g/mol. The Morgan fingerprint density at radius 2 is 2.10 bits per heavy atom. The first-order chi connectivity index (χ1) is 9.80. The summed E-state index contributed by atoms with van der Waals surface area (Å²) >= 11 is 0. The highest BCUT2D eigenvalue weighted by atomic mass is 15.2. The Bertz CT molecular complexity index is 474. The van der Waals surface area contributed by atoms with E-state index in [4.69, 9.17) is 0 Å². The topological polar surface area (TPSA) is 21.9 Å². The van der Waals surface area contributed by atoms with Crippen LogP contribution in [0, 0.1) is 23.7 Å². The summed E-state index contributed by atoms with van der Waals surface area (Å²) in [6.45, 7) is 6.09. The van der Waals surface area contributed by atoms with Gasteiger partial charge in [-0.3, -0.25) is 0 Å². The Labute approximate surface area is 123 Å². The van der Waals surface area contributed by atoms with Crippen LogP contribution < -0.4 is 5.32 Å². The standard InChI is InChI=1S/C19H27N/c1-3-5-13-7-8-16-15(14(13)6-4-2)11-12-19-17(16)9-10-18(19)20-19/h3-6,14-18,20H,1,7-12H2,2H3/b6-4-,13-5-. The summed E-state index contributed by atoms with van der Waals surface area (Å²) < 4.78 is 0. The average Bonchev–Trinajstić information content (AvgIpc) is 3.03. The molecule has 0 amide bonds. The number of hydrogen-bond donors (Lipinski definition) is 1. The molecule has 0 aromatic carbocycles. The Morgan fingerprint density at radius 3 is 2.85 bits per heavy atom. The number of piperidine rings is 1. The number of fused-ring (bicyclic) bond motifs is 2. The van der Waals surface area contributed by atoms with Gasteiger partial charge in [-0.25, -0.2) is 0 Å². The van der Waals surface area contributed by atoms with Crippen molar-refractivity contribution in [3.8, 4) is 0 Å². The van der Waals surface area contributed by atoms with Crippen molar-refractivity contribution in [1.82, 2.24) is 5.32 Å². The second-order valence-corrected chi connectivity index (χ2v) is 7.36. The predicted octanol–water partition coefficient (Wildman–Crippen LogP) is 4.23. The van der Waals surface area contributed by atoms with Gasteiger partial charge in [0.05, 0.1) is 0 Å². The molecule has 3 aliphatic carbocycles. The maximum atomic E-state index is 3.91. The van der Waals surface area contributed by atoms with E-state index in [2.05, 4.69) is 37.0 Å². The zero-order chi connectivity index (χ0) is 13.7. The highest BCUT2D eigenvalue weighted by Gasteiger charge is 2.66. The van der Waals surface area contributed by atoms with Gasteiger partial charge in [-0.05, 0) is 63.2 Å². The van der Waals surface area contributed by atoms with E-state index < -0.39 is 0 Å². The van der Waals surface area contributed by atoms with Crippen LogP contribution in [0.2, 0.25) is 0 Å². The summed E-state index contributed by atoms with van der Waals surface area (Å²) in [6, 6.07) is 0.888. The molecule has 1 spiro atoms. The van der Waals surface area contributed by atoms with Crippen molar-refractivity contribution in [2.75, 3.05) is 0 Å². The van der Waals surface area contributed by atoms with Crippen LogP contribution in [0.5, 0.6) is 0 Å². The second kappa shape index (κ2) is 4.59. The molecule has 0 bridgehead atoms. The molecule has 0 aromatic heterocycles. The van der Waals surface area contributed by atoms with Crippen LogP contribution in [-0.4, -0.2) is 11.6 Å². The molecular formula is C19H27N. The number of rotatable bonds is 2. The maximum absolute atomic E-state index is 3.91. The lowest BCUT2D eigenvalue weighted by molar-refractivity contribution is 0.0742. The summed E-state index contributed by atoms with van der Waals surface area (Å²) in [4.78, 5) is 0. The first-order valence-electron chi connectivity index (χ1n) is 8.52. The van der Waals surface area contributed by atoms with Gasteiger partial charge in [0.25, 0.3) is 0 Å². The molecule has 1 aliphatic heterocycles. The SMILES string of the molecule is C=C/C=C1/CCC2C(CCC34NC3CCC24)C1/C=C\C. The van der Waals surface area contributed by atoms with Crippen molar-refractivity contribution in [3.05, 3.63) is 36.5 Å². The molecule has 20 heavy (non-hydrogen) atoms. The van der Waals surface area contributed by atoms with Crippen molar-refractivity contribution in [2.45, 2.75) is 57.0 Å². The van der Waals surface area contributed by atoms with E-state index in [-0.39, 0.29) is 0 Å². The fraction of sp³-hybridized carbons (Fsp3) is 0.684. The van der Waals surface area contributed by atoms with Gasteiger partial charge in [-0.1, -0.05) is 36.5 Å². The first-order valence-corrected chi connectivity index (χ1v) is 8.52. The van der Waals surface area contributed by atoms with Gasteiger partial charge in [0, 0.05) is 17.5 Å². The van der Waals surface area contributed by atoms with Gasteiger partial charge in [0.1, 0.15) is 0 Å². The largest absolute Gasteiger partial charge is 0.305 e. The monoisotopic (exact) mass is 269 g/mol. The lowest BCUT2D eigenvalue weighted by atomic mass is 9.57. The highest BCUT2D eigenvalue weighted by molar-refractivity contribution is 5.29. The van der Waals surface area contributed by atoms with E-state index in [0.717, 1.165) is 23.8 Å². The molecule has 6 unspecified atom stereocenters. The van der Waals surface area contributed by atoms with Crippen LogP contribution in [0.4, 0.5) is 0 Å². The smallest absolute Gasteiger partial charge is 0.0369 e. The van der Waals surface area contributed by atoms with Crippen LogP contribution in [0.1, 0.15) is 45.4 Å². The van der Waals surface area contributed by atoms with Crippen molar-refractivity contribution in [2.24, 2.45) is 23.7 Å². The highest BCUT2D eigenvalue weighted by Crippen LogP contribution is 2.62. The summed E-state index contributed by atoms with van der Waals surface area (Å²) in [6.07, 6.45) is 17.5. The second-order valence-electron chi connectivity index (χ2n) is 7.36. The quantitative estimate of drug-likeness (QED) is 0.588.